The number of carbonyl (C=O) groups is 2. The maximum atomic E-state index is 12.4. The first kappa shape index (κ1) is 78.8. The lowest BCUT2D eigenvalue weighted by molar-refractivity contribution is -0.143. The summed E-state index contributed by atoms with van der Waals surface area (Å²) in [5.41, 5.74) is 0. The predicted molar refractivity (Wildman–Crippen MR) is 356 cm³/mol. The number of allylic oxidation sites excluding steroid dienone is 7. The molecule has 0 aliphatic rings. The fraction of sp³-hybridized carbons (Fsp3) is 0.867. The third kappa shape index (κ3) is 66.8. The first-order valence-corrected chi connectivity index (χ1v) is 36.4. The van der Waals surface area contributed by atoms with E-state index >= 15 is 0 Å². The summed E-state index contributed by atoms with van der Waals surface area (Å²) in [7, 11) is 0. The van der Waals surface area contributed by atoms with Crippen LogP contribution in [0, 0.1) is 0 Å². The smallest absolute Gasteiger partial charge is 0.305 e. The van der Waals surface area contributed by atoms with Crippen molar-refractivity contribution in [1.29, 1.82) is 0 Å². The molecule has 2 atom stereocenters. The topological polar surface area (TPSA) is 95.9 Å². The third-order valence-corrected chi connectivity index (χ3v) is 16.8. The van der Waals surface area contributed by atoms with Crippen molar-refractivity contribution >= 4 is 11.9 Å². The number of ether oxygens (including phenoxy) is 1. The van der Waals surface area contributed by atoms with E-state index in [1.165, 1.54) is 315 Å². The first-order chi connectivity index (χ1) is 40.0. The van der Waals surface area contributed by atoms with E-state index in [0.717, 1.165) is 51.4 Å². The lowest BCUT2D eigenvalue weighted by atomic mass is 10.0. The Morgan fingerprint density at radius 1 is 0.346 bits per heavy atom. The summed E-state index contributed by atoms with van der Waals surface area (Å²) in [5.74, 6) is -0.0565. The summed E-state index contributed by atoms with van der Waals surface area (Å²) >= 11 is 0. The molecule has 0 bridgehead atoms. The van der Waals surface area contributed by atoms with Gasteiger partial charge in [0, 0.05) is 12.8 Å². The normalized spacial score (nSPS) is 12.8. The first-order valence-electron chi connectivity index (χ1n) is 36.4. The van der Waals surface area contributed by atoms with Crippen LogP contribution in [0.25, 0.3) is 0 Å². The highest BCUT2D eigenvalue weighted by atomic mass is 16.5. The Kier molecular flexibility index (Phi) is 68.4. The number of rotatable bonds is 68. The Morgan fingerprint density at radius 3 is 0.963 bits per heavy atom. The molecule has 0 radical (unpaired) electrons. The van der Waals surface area contributed by atoms with Gasteiger partial charge in [-0.05, 0) is 89.9 Å². The second-order valence-corrected chi connectivity index (χ2v) is 24.9. The van der Waals surface area contributed by atoms with Gasteiger partial charge in [-0.1, -0.05) is 339 Å². The van der Waals surface area contributed by atoms with Crippen LogP contribution < -0.4 is 5.32 Å². The number of carbonyl (C=O) groups excluding carboxylic acids is 2. The highest BCUT2D eigenvalue weighted by molar-refractivity contribution is 5.76. The SMILES string of the molecule is CCCCCC/C=C\C/C=C\CCCCCCCC(=O)OCCCCCCCCCCCCCCCCCCCC/C=C\CCCCCCCCCCCCCCCCCCCC(=O)NC(CO)C(O)/C=C/CCCCCCCCC. The highest BCUT2D eigenvalue weighted by Crippen LogP contribution is 2.18. The van der Waals surface area contributed by atoms with Crippen LogP contribution in [0.1, 0.15) is 393 Å². The molecule has 0 aliphatic heterocycles. The monoisotopic (exact) mass is 1140 g/mol. The van der Waals surface area contributed by atoms with E-state index in [0.29, 0.717) is 19.4 Å². The van der Waals surface area contributed by atoms with Crippen LogP contribution in [0.2, 0.25) is 0 Å². The molecule has 0 aliphatic carbocycles. The molecule has 2 unspecified atom stereocenters. The summed E-state index contributed by atoms with van der Waals surface area (Å²) in [5, 5.41) is 23.0. The number of esters is 1. The molecule has 0 saturated carbocycles. The molecule has 3 N–H and O–H groups in total. The van der Waals surface area contributed by atoms with Crippen molar-refractivity contribution in [2.75, 3.05) is 13.2 Å². The van der Waals surface area contributed by atoms with E-state index in [1.807, 2.05) is 6.08 Å². The van der Waals surface area contributed by atoms with E-state index in [-0.39, 0.29) is 18.5 Å². The number of hydrogen-bond acceptors (Lipinski definition) is 5. The molecule has 476 valence electrons. The minimum absolute atomic E-state index is 0.00880. The van der Waals surface area contributed by atoms with Crippen LogP contribution in [0.4, 0.5) is 0 Å². The van der Waals surface area contributed by atoms with E-state index in [9.17, 15) is 19.8 Å². The van der Waals surface area contributed by atoms with Crippen molar-refractivity contribution in [2.24, 2.45) is 0 Å². The standard InChI is InChI=1S/C75H141NO5/c1-3-5-7-9-11-13-14-15-16-43-46-49-53-57-61-65-69-75(80)81-70-66-62-58-54-50-47-44-41-39-37-35-33-31-29-27-25-23-21-19-17-18-20-22-24-26-28-30-32-34-36-38-40-42-45-48-52-56-60-64-68-74(79)76-72(71-77)73(78)67-63-59-55-51-12-10-8-6-4-2/h13-14,16-18,43,63,67,72-73,77-78H,3-12,15,19-42,44-62,64-66,68-71H2,1-2H3,(H,76,79)/b14-13-,18-17-,43-16-,67-63+. The number of hydrogen-bond donors (Lipinski definition) is 3. The zero-order valence-electron chi connectivity index (χ0n) is 54.5. The van der Waals surface area contributed by atoms with Gasteiger partial charge >= 0.3 is 5.97 Å². The van der Waals surface area contributed by atoms with Crippen LogP contribution in [-0.2, 0) is 14.3 Å². The summed E-state index contributed by atoms with van der Waals surface area (Å²) in [6, 6.07) is -0.622. The van der Waals surface area contributed by atoms with Crippen LogP contribution in [-0.4, -0.2) is 47.4 Å². The molecule has 0 rings (SSSR count). The maximum absolute atomic E-state index is 12.4. The lowest BCUT2D eigenvalue weighted by Gasteiger charge is -2.20. The predicted octanol–water partition coefficient (Wildman–Crippen LogP) is 23.6. The number of unbranched alkanes of at least 4 members (excludes halogenated alkanes) is 51. The van der Waals surface area contributed by atoms with Crippen molar-refractivity contribution in [3.8, 4) is 0 Å². The molecule has 6 nitrogen and oxygen atoms in total. The molecule has 6 heteroatoms. The van der Waals surface area contributed by atoms with E-state index in [2.05, 4.69) is 55.6 Å². The van der Waals surface area contributed by atoms with E-state index in [4.69, 9.17) is 4.74 Å². The Hall–Kier alpha value is -2.18. The van der Waals surface area contributed by atoms with Gasteiger partial charge in [0.2, 0.25) is 5.91 Å². The summed E-state index contributed by atoms with van der Waals surface area (Å²) in [4.78, 5) is 24.5. The van der Waals surface area contributed by atoms with Gasteiger partial charge in [-0.2, -0.15) is 0 Å². The largest absolute Gasteiger partial charge is 0.466 e. The average molecular weight is 1140 g/mol. The number of nitrogens with one attached hydrogen (secondary N) is 1. The van der Waals surface area contributed by atoms with Crippen molar-refractivity contribution in [1.82, 2.24) is 5.32 Å². The molecule has 0 saturated heterocycles. The van der Waals surface area contributed by atoms with Gasteiger partial charge in [0.25, 0.3) is 0 Å². The number of aliphatic hydroxyl groups excluding tert-OH is 2. The quantitative estimate of drug-likeness (QED) is 0.0320. The number of aliphatic hydroxyl groups is 2. The zero-order valence-corrected chi connectivity index (χ0v) is 54.5. The van der Waals surface area contributed by atoms with Gasteiger partial charge in [-0.3, -0.25) is 9.59 Å². The summed E-state index contributed by atoms with van der Waals surface area (Å²) < 4.78 is 5.49. The van der Waals surface area contributed by atoms with Crippen LogP contribution in [0.5, 0.6) is 0 Å². The van der Waals surface area contributed by atoms with Gasteiger partial charge in [-0.25, -0.2) is 0 Å². The van der Waals surface area contributed by atoms with Crippen LogP contribution in [0.15, 0.2) is 48.6 Å². The Bertz CT molecular complexity index is 1360. The molecular weight excluding hydrogens is 995 g/mol. The lowest BCUT2D eigenvalue weighted by Crippen LogP contribution is -2.45. The van der Waals surface area contributed by atoms with Gasteiger partial charge in [0.15, 0.2) is 0 Å². The van der Waals surface area contributed by atoms with Crippen molar-refractivity contribution in [2.45, 2.75) is 405 Å². The highest BCUT2D eigenvalue weighted by Gasteiger charge is 2.18. The summed E-state index contributed by atoms with van der Waals surface area (Å²) in [6.45, 7) is 4.87. The van der Waals surface area contributed by atoms with Gasteiger partial charge in [0.1, 0.15) is 0 Å². The minimum Gasteiger partial charge on any atom is -0.466 e. The average Bonchev–Trinajstić information content (AvgIpc) is 3.47. The molecule has 81 heavy (non-hydrogen) atoms. The van der Waals surface area contributed by atoms with Crippen molar-refractivity contribution < 1.29 is 24.5 Å². The Morgan fingerprint density at radius 2 is 0.617 bits per heavy atom. The van der Waals surface area contributed by atoms with Crippen LogP contribution in [0.3, 0.4) is 0 Å². The van der Waals surface area contributed by atoms with Gasteiger partial charge in [-0.15, -0.1) is 0 Å². The van der Waals surface area contributed by atoms with E-state index < -0.39 is 12.1 Å². The minimum atomic E-state index is -0.839. The van der Waals surface area contributed by atoms with Crippen molar-refractivity contribution in [3.63, 3.8) is 0 Å². The second-order valence-electron chi connectivity index (χ2n) is 24.9. The third-order valence-electron chi connectivity index (χ3n) is 16.8. The summed E-state index contributed by atoms with van der Waals surface area (Å²) in [6.07, 6.45) is 92.3. The molecule has 0 aromatic carbocycles. The molecule has 1 amide bonds. The van der Waals surface area contributed by atoms with Gasteiger partial charge < -0.3 is 20.3 Å². The molecular formula is C75H141NO5. The second kappa shape index (κ2) is 70.3. The zero-order chi connectivity index (χ0) is 58.5. The van der Waals surface area contributed by atoms with Crippen molar-refractivity contribution in [3.05, 3.63) is 48.6 Å². The molecule has 0 aromatic heterocycles. The van der Waals surface area contributed by atoms with Crippen LogP contribution >= 0.6 is 0 Å². The molecule has 0 spiro atoms. The van der Waals surface area contributed by atoms with E-state index in [1.54, 1.807) is 6.08 Å². The Balaban J connectivity index is 3.31. The molecule has 0 heterocycles. The fourth-order valence-electron chi connectivity index (χ4n) is 11.3. The maximum Gasteiger partial charge on any atom is 0.305 e. The Labute approximate surface area is 506 Å². The van der Waals surface area contributed by atoms with Gasteiger partial charge in [0.05, 0.1) is 25.4 Å². The fourth-order valence-corrected chi connectivity index (χ4v) is 11.3. The molecule has 0 aromatic rings. The molecule has 0 fully saturated rings. The number of amides is 1.